The number of rotatable bonds is 6. The highest BCUT2D eigenvalue weighted by molar-refractivity contribution is 7.16. The van der Waals surface area contributed by atoms with Gasteiger partial charge in [0, 0.05) is 24.5 Å². The topological polar surface area (TPSA) is 15.3 Å². The first kappa shape index (κ1) is 15.3. The van der Waals surface area contributed by atoms with Crippen molar-refractivity contribution in [1.82, 2.24) is 10.2 Å². The first-order chi connectivity index (χ1) is 9.28. The highest BCUT2D eigenvalue weighted by Crippen LogP contribution is 2.21. The Bertz CT molecular complexity index is 367. The van der Waals surface area contributed by atoms with Crippen LogP contribution in [0.25, 0.3) is 0 Å². The van der Waals surface area contributed by atoms with Gasteiger partial charge in [-0.05, 0) is 50.4 Å². The zero-order valence-electron chi connectivity index (χ0n) is 11.8. The van der Waals surface area contributed by atoms with Gasteiger partial charge in [-0.1, -0.05) is 24.9 Å². The third kappa shape index (κ3) is 5.42. The molecule has 1 N–H and O–H groups in total. The highest BCUT2D eigenvalue weighted by Gasteiger charge is 2.14. The fourth-order valence-electron chi connectivity index (χ4n) is 2.75. The van der Waals surface area contributed by atoms with Crippen molar-refractivity contribution in [3.8, 4) is 0 Å². The summed E-state index contributed by atoms with van der Waals surface area (Å²) in [7, 11) is 0. The predicted octanol–water partition coefficient (Wildman–Crippen LogP) is 4.00. The lowest BCUT2D eigenvalue weighted by Gasteiger charge is -2.20. The number of halogens is 1. The molecule has 0 saturated carbocycles. The molecule has 1 saturated heterocycles. The second-order valence-corrected chi connectivity index (χ2v) is 7.23. The van der Waals surface area contributed by atoms with E-state index in [0.29, 0.717) is 0 Å². The Balaban J connectivity index is 1.60. The van der Waals surface area contributed by atoms with Crippen molar-refractivity contribution in [3.63, 3.8) is 0 Å². The molecule has 1 aromatic rings. The molecule has 4 heteroatoms. The number of nitrogens with one attached hydrogen (secondary N) is 1. The van der Waals surface area contributed by atoms with E-state index in [1.807, 2.05) is 6.07 Å². The first-order valence-corrected chi connectivity index (χ1v) is 8.64. The van der Waals surface area contributed by atoms with Crippen molar-refractivity contribution < 1.29 is 0 Å². The fraction of sp³-hybridized carbons (Fsp3) is 0.733. The van der Waals surface area contributed by atoms with Crippen LogP contribution in [0.3, 0.4) is 0 Å². The van der Waals surface area contributed by atoms with Crippen LogP contribution in [0, 0.1) is 5.92 Å². The molecule has 0 bridgehead atoms. The van der Waals surface area contributed by atoms with E-state index >= 15 is 0 Å². The minimum absolute atomic E-state index is 0.884. The Morgan fingerprint density at radius 2 is 2.26 bits per heavy atom. The summed E-state index contributed by atoms with van der Waals surface area (Å²) >= 11 is 7.59. The molecule has 1 aliphatic heterocycles. The Morgan fingerprint density at radius 1 is 1.37 bits per heavy atom. The molecule has 2 rings (SSSR count). The number of hydrogen-bond donors (Lipinski definition) is 1. The van der Waals surface area contributed by atoms with Crippen molar-refractivity contribution in [2.45, 2.75) is 39.2 Å². The molecule has 19 heavy (non-hydrogen) atoms. The van der Waals surface area contributed by atoms with Crippen LogP contribution in [0.4, 0.5) is 0 Å². The maximum atomic E-state index is 5.92. The standard InChI is InChI=1S/C15H25ClN2S/c1-2-13-4-3-9-18(10-7-13)11-8-17-12-14-5-6-15(16)19-14/h5-6,13,17H,2-4,7-12H2,1H3. The maximum absolute atomic E-state index is 5.92. The lowest BCUT2D eigenvalue weighted by atomic mass is 9.98. The molecule has 2 nitrogen and oxygen atoms in total. The monoisotopic (exact) mass is 300 g/mol. The average Bonchev–Trinajstić information content (AvgIpc) is 2.70. The highest BCUT2D eigenvalue weighted by atomic mass is 35.5. The number of nitrogens with zero attached hydrogens (tertiary/aromatic N) is 1. The molecule has 2 heterocycles. The van der Waals surface area contributed by atoms with Crippen molar-refractivity contribution in [3.05, 3.63) is 21.3 Å². The number of thiophene rings is 1. The van der Waals surface area contributed by atoms with E-state index < -0.39 is 0 Å². The molecule has 1 fully saturated rings. The van der Waals surface area contributed by atoms with Crippen LogP contribution in [-0.4, -0.2) is 31.1 Å². The Labute approximate surface area is 126 Å². The van der Waals surface area contributed by atoms with Crippen molar-refractivity contribution in [2.24, 2.45) is 5.92 Å². The lowest BCUT2D eigenvalue weighted by Crippen LogP contribution is -2.32. The van der Waals surface area contributed by atoms with E-state index in [0.717, 1.165) is 23.3 Å². The van der Waals surface area contributed by atoms with Crippen molar-refractivity contribution in [2.75, 3.05) is 26.2 Å². The summed E-state index contributed by atoms with van der Waals surface area (Å²) in [4.78, 5) is 3.94. The summed E-state index contributed by atoms with van der Waals surface area (Å²) in [6, 6.07) is 4.08. The minimum atomic E-state index is 0.884. The molecule has 0 aliphatic carbocycles. The lowest BCUT2D eigenvalue weighted by molar-refractivity contribution is 0.279. The van der Waals surface area contributed by atoms with E-state index in [1.165, 1.54) is 50.2 Å². The molecule has 1 aliphatic rings. The van der Waals surface area contributed by atoms with Crippen LogP contribution < -0.4 is 5.32 Å². The van der Waals surface area contributed by atoms with E-state index in [2.05, 4.69) is 23.2 Å². The molecule has 0 spiro atoms. The molecule has 0 amide bonds. The van der Waals surface area contributed by atoms with Gasteiger partial charge in [0.05, 0.1) is 4.34 Å². The van der Waals surface area contributed by atoms with Crippen LogP contribution in [-0.2, 0) is 6.54 Å². The molecule has 0 radical (unpaired) electrons. The van der Waals surface area contributed by atoms with Gasteiger partial charge in [0.1, 0.15) is 0 Å². The van der Waals surface area contributed by atoms with E-state index in [-0.39, 0.29) is 0 Å². The van der Waals surface area contributed by atoms with Crippen molar-refractivity contribution >= 4 is 22.9 Å². The van der Waals surface area contributed by atoms with Crippen LogP contribution in [0.2, 0.25) is 4.34 Å². The summed E-state index contributed by atoms with van der Waals surface area (Å²) in [5.41, 5.74) is 0. The molecule has 0 aromatic carbocycles. The van der Waals surface area contributed by atoms with Gasteiger partial charge < -0.3 is 10.2 Å². The van der Waals surface area contributed by atoms with Gasteiger partial charge in [-0.3, -0.25) is 0 Å². The third-order valence-corrected chi connectivity index (χ3v) is 5.28. The second kappa shape index (κ2) is 8.25. The van der Waals surface area contributed by atoms with Gasteiger partial charge >= 0.3 is 0 Å². The first-order valence-electron chi connectivity index (χ1n) is 7.45. The summed E-state index contributed by atoms with van der Waals surface area (Å²) in [6.07, 6.45) is 5.54. The fourth-order valence-corrected chi connectivity index (χ4v) is 3.81. The van der Waals surface area contributed by atoms with Crippen LogP contribution in [0.5, 0.6) is 0 Å². The van der Waals surface area contributed by atoms with Gasteiger partial charge in [-0.15, -0.1) is 11.3 Å². The predicted molar refractivity (Wildman–Crippen MR) is 85.1 cm³/mol. The summed E-state index contributed by atoms with van der Waals surface area (Å²) in [6.45, 7) is 8.09. The van der Waals surface area contributed by atoms with Gasteiger partial charge in [-0.25, -0.2) is 0 Å². The maximum Gasteiger partial charge on any atom is 0.0931 e. The van der Waals surface area contributed by atoms with Gasteiger partial charge in [-0.2, -0.15) is 0 Å². The Kier molecular flexibility index (Phi) is 6.65. The summed E-state index contributed by atoms with van der Waals surface area (Å²) in [5.74, 6) is 0.964. The zero-order chi connectivity index (χ0) is 13.5. The van der Waals surface area contributed by atoms with Crippen LogP contribution in [0.1, 0.15) is 37.5 Å². The third-order valence-electron chi connectivity index (χ3n) is 4.05. The van der Waals surface area contributed by atoms with E-state index in [9.17, 15) is 0 Å². The Hall–Kier alpha value is -0.0900. The molecule has 1 atom stereocenters. The Morgan fingerprint density at radius 3 is 3.00 bits per heavy atom. The van der Waals surface area contributed by atoms with E-state index in [4.69, 9.17) is 11.6 Å². The average molecular weight is 301 g/mol. The number of hydrogen-bond acceptors (Lipinski definition) is 3. The SMILES string of the molecule is CCC1CCCN(CCNCc2ccc(Cl)s2)CC1. The normalized spacial score (nSPS) is 21.5. The molecule has 1 aromatic heterocycles. The summed E-state index contributed by atoms with van der Waals surface area (Å²) < 4.78 is 0.884. The minimum Gasteiger partial charge on any atom is -0.311 e. The van der Waals surface area contributed by atoms with Crippen molar-refractivity contribution in [1.29, 1.82) is 0 Å². The quantitative estimate of drug-likeness (QED) is 0.799. The molecular formula is C15H25ClN2S. The smallest absolute Gasteiger partial charge is 0.0931 e. The largest absolute Gasteiger partial charge is 0.311 e. The van der Waals surface area contributed by atoms with E-state index in [1.54, 1.807) is 11.3 Å². The van der Waals surface area contributed by atoms with Gasteiger partial charge in [0.2, 0.25) is 0 Å². The number of likely N-dealkylation sites (tertiary alicyclic amines) is 1. The summed E-state index contributed by atoms with van der Waals surface area (Å²) in [5, 5.41) is 3.52. The van der Waals surface area contributed by atoms with Gasteiger partial charge in [0.15, 0.2) is 0 Å². The van der Waals surface area contributed by atoms with Crippen LogP contribution in [0.15, 0.2) is 12.1 Å². The zero-order valence-corrected chi connectivity index (χ0v) is 13.4. The molecular weight excluding hydrogens is 276 g/mol. The van der Waals surface area contributed by atoms with Gasteiger partial charge in [0.25, 0.3) is 0 Å². The second-order valence-electron chi connectivity index (χ2n) is 5.43. The molecule has 1 unspecified atom stereocenters. The van der Waals surface area contributed by atoms with Crippen LogP contribution >= 0.6 is 22.9 Å². The molecule has 108 valence electrons.